The van der Waals surface area contributed by atoms with E-state index in [2.05, 4.69) is 29.2 Å². The fourth-order valence-electron chi connectivity index (χ4n) is 3.75. The zero-order chi connectivity index (χ0) is 22.9. The molecule has 176 valence electrons. The van der Waals surface area contributed by atoms with Crippen LogP contribution < -0.4 is 5.32 Å². The maximum atomic E-state index is 12.4. The maximum absolute atomic E-state index is 12.4. The molecule has 0 spiro atoms. The van der Waals surface area contributed by atoms with E-state index in [0.29, 0.717) is 18.4 Å². The lowest BCUT2D eigenvalue weighted by Crippen LogP contribution is -2.48. The number of likely N-dealkylation sites (tertiary alicyclic amines) is 1. The predicted molar refractivity (Wildman–Crippen MR) is 125 cm³/mol. The molecule has 1 saturated heterocycles. The Bertz CT molecular complexity index is 675. The summed E-state index contributed by atoms with van der Waals surface area (Å²) < 4.78 is 7.52. The molecular formula is C23H42N6O2. The molecule has 8 nitrogen and oxygen atoms in total. The van der Waals surface area contributed by atoms with Crippen LogP contribution in [0.25, 0.3) is 0 Å². The van der Waals surface area contributed by atoms with Gasteiger partial charge in [0.2, 0.25) is 0 Å². The second-order valence-corrected chi connectivity index (χ2v) is 9.48. The van der Waals surface area contributed by atoms with Gasteiger partial charge in [0.25, 0.3) is 0 Å². The molecule has 0 aliphatic carbocycles. The lowest BCUT2D eigenvalue weighted by molar-refractivity contribution is 0.0214. The minimum Gasteiger partial charge on any atom is -0.444 e. The molecule has 8 heteroatoms. The average Bonchev–Trinajstić information content (AvgIpc) is 3.21. The van der Waals surface area contributed by atoms with Gasteiger partial charge in [-0.3, -0.25) is 9.67 Å². The molecule has 2 heterocycles. The van der Waals surface area contributed by atoms with Crippen molar-refractivity contribution in [3.63, 3.8) is 0 Å². The zero-order valence-corrected chi connectivity index (χ0v) is 20.3. The minimum atomic E-state index is -0.459. The lowest BCUT2D eigenvalue weighted by atomic mass is 9.96. The smallest absolute Gasteiger partial charge is 0.410 e. The van der Waals surface area contributed by atoms with Gasteiger partial charge in [0.15, 0.2) is 5.96 Å². The minimum absolute atomic E-state index is 0.210. The molecule has 1 aromatic heterocycles. The van der Waals surface area contributed by atoms with Crippen LogP contribution in [0.3, 0.4) is 0 Å². The van der Waals surface area contributed by atoms with Crippen LogP contribution >= 0.6 is 0 Å². The molecule has 1 atom stereocenters. The van der Waals surface area contributed by atoms with Crippen molar-refractivity contribution in [1.82, 2.24) is 24.9 Å². The molecule has 0 aromatic carbocycles. The number of hydrogen-bond donors (Lipinski definition) is 1. The number of amides is 1. The molecule has 31 heavy (non-hydrogen) atoms. The monoisotopic (exact) mass is 434 g/mol. The van der Waals surface area contributed by atoms with E-state index in [4.69, 9.17) is 9.73 Å². The summed E-state index contributed by atoms with van der Waals surface area (Å²) >= 11 is 0. The van der Waals surface area contributed by atoms with Crippen LogP contribution in [0, 0.1) is 11.8 Å². The van der Waals surface area contributed by atoms with Crippen molar-refractivity contribution in [1.29, 1.82) is 0 Å². The summed E-state index contributed by atoms with van der Waals surface area (Å²) in [5, 5.41) is 7.73. The van der Waals surface area contributed by atoms with Gasteiger partial charge in [0.1, 0.15) is 5.60 Å². The highest BCUT2D eigenvalue weighted by atomic mass is 16.6. The lowest BCUT2D eigenvalue weighted by Gasteiger charge is -2.36. The Balaban J connectivity index is 1.85. The number of carbonyl (C=O) groups excluding carboxylic acids is 1. The number of nitrogens with zero attached hydrogens (tertiary/aromatic N) is 5. The Kier molecular flexibility index (Phi) is 9.65. The van der Waals surface area contributed by atoms with Crippen LogP contribution in [0.5, 0.6) is 0 Å². The number of carbonyl (C=O) groups is 1. The number of rotatable bonds is 8. The molecular weight excluding hydrogens is 392 g/mol. The first-order valence-corrected chi connectivity index (χ1v) is 11.7. The van der Waals surface area contributed by atoms with Crippen LogP contribution in [-0.4, -0.2) is 76.5 Å². The maximum Gasteiger partial charge on any atom is 0.410 e. The van der Waals surface area contributed by atoms with E-state index in [9.17, 15) is 4.79 Å². The van der Waals surface area contributed by atoms with Gasteiger partial charge in [-0.05, 0) is 65.4 Å². The SMILES string of the molecule is CCNC(=NCC(C)Cn1cccn1)N1CCC(CN(CC)C(=O)OC(C)(C)C)CC1. The largest absolute Gasteiger partial charge is 0.444 e. The van der Waals surface area contributed by atoms with E-state index < -0.39 is 5.60 Å². The number of ether oxygens (including phenoxy) is 1. The molecule has 1 unspecified atom stereocenters. The topological polar surface area (TPSA) is 75.0 Å². The normalized spacial score (nSPS) is 16.8. The number of aromatic nitrogens is 2. The van der Waals surface area contributed by atoms with Gasteiger partial charge < -0.3 is 19.9 Å². The standard InChI is InChI=1S/C23H42N6O2/c1-7-24-21(25-16-19(3)17-29-13-9-12-26-29)28-14-10-20(11-15-28)18-27(8-2)22(30)31-23(4,5)6/h9,12-13,19-20H,7-8,10-11,14-18H2,1-6H3,(H,24,25). The van der Waals surface area contributed by atoms with Crippen molar-refractivity contribution in [3.8, 4) is 0 Å². The molecule has 1 aromatic rings. The van der Waals surface area contributed by atoms with Gasteiger partial charge in [-0.15, -0.1) is 0 Å². The van der Waals surface area contributed by atoms with E-state index in [1.807, 2.05) is 55.7 Å². The third-order valence-electron chi connectivity index (χ3n) is 5.37. The molecule has 1 N–H and O–H groups in total. The summed E-state index contributed by atoms with van der Waals surface area (Å²) in [5.74, 6) is 1.90. The first-order valence-electron chi connectivity index (χ1n) is 11.7. The number of hydrogen-bond acceptors (Lipinski definition) is 4. The molecule has 1 aliphatic rings. The summed E-state index contributed by atoms with van der Waals surface area (Å²) in [5.41, 5.74) is -0.459. The predicted octanol–water partition coefficient (Wildman–Crippen LogP) is 3.45. The Morgan fingerprint density at radius 2 is 2.03 bits per heavy atom. The molecule has 2 rings (SSSR count). The van der Waals surface area contributed by atoms with E-state index in [1.165, 1.54) is 0 Å². The fourth-order valence-corrected chi connectivity index (χ4v) is 3.75. The van der Waals surface area contributed by atoms with Gasteiger partial charge in [0.05, 0.1) is 0 Å². The first kappa shape index (κ1) is 25.0. The van der Waals surface area contributed by atoms with Crippen LogP contribution in [-0.2, 0) is 11.3 Å². The molecule has 0 saturated carbocycles. The summed E-state index contributed by atoms with van der Waals surface area (Å²) in [6.45, 7) is 17.9. The molecule has 0 radical (unpaired) electrons. The van der Waals surface area contributed by atoms with Crippen molar-refractivity contribution >= 4 is 12.1 Å². The molecule has 1 aliphatic heterocycles. The third-order valence-corrected chi connectivity index (χ3v) is 5.37. The van der Waals surface area contributed by atoms with E-state index in [-0.39, 0.29) is 6.09 Å². The Labute approximate surface area is 188 Å². The first-order chi connectivity index (χ1) is 14.7. The van der Waals surface area contributed by atoms with Crippen molar-refractivity contribution in [2.45, 2.75) is 66.5 Å². The van der Waals surface area contributed by atoms with E-state index >= 15 is 0 Å². The third kappa shape index (κ3) is 8.79. The van der Waals surface area contributed by atoms with Crippen LogP contribution in [0.2, 0.25) is 0 Å². The quantitative estimate of drug-likeness (QED) is 0.501. The summed E-state index contributed by atoms with van der Waals surface area (Å²) in [6, 6.07) is 1.95. The highest BCUT2D eigenvalue weighted by Gasteiger charge is 2.27. The average molecular weight is 435 g/mol. The van der Waals surface area contributed by atoms with E-state index in [1.54, 1.807) is 0 Å². The number of guanidine groups is 1. The second-order valence-electron chi connectivity index (χ2n) is 9.48. The van der Waals surface area contributed by atoms with Gasteiger partial charge in [-0.1, -0.05) is 6.92 Å². The Hall–Kier alpha value is -2.25. The van der Waals surface area contributed by atoms with Crippen LogP contribution in [0.1, 0.15) is 54.4 Å². The summed E-state index contributed by atoms with van der Waals surface area (Å²) in [6.07, 6.45) is 5.69. The second kappa shape index (κ2) is 12.0. The van der Waals surface area contributed by atoms with Crippen molar-refractivity contribution in [2.24, 2.45) is 16.8 Å². The van der Waals surface area contributed by atoms with Crippen molar-refractivity contribution in [3.05, 3.63) is 18.5 Å². The number of nitrogens with one attached hydrogen (secondary N) is 1. The van der Waals surface area contributed by atoms with E-state index in [0.717, 1.165) is 58.1 Å². The van der Waals surface area contributed by atoms with Gasteiger partial charge in [-0.2, -0.15) is 5.10 Å². The summed E-state index contributed by atoms with van der Waals surface area (Å²) in [7, 11) is 0. The van der Waals surface area contributed by atoms with Crippen molar-refractivity contribution < 1.29 is 9.53 Å². The number of aliphatic imine (C=N–C) groups is 1. The molecule has 0 bridgehead atoms. The van der Waals surface area contributed by atoms with Crippen LogP contribution in [0.15, 0.2) is 23.5 Å². The summed E-state index contributed by atoms with van der Waals surface area (Å²) in [4.78, 5) is 21.5. The highest BCUT2D eigenvalue weighted by molar-refractivity contribution is 5.80. The van der Waals surface area contributed by atoms with Gasteiger partial charge in [0, 0.05) is 58.2 Å². The fraction of sp³-hybridized carbons (Fsp3) is 0.783. The Morgan fingerprint density at radius 1 is 1.32 bits per heavy atom. The Morgan fingerprint density at radius 3 is 2.58 bits per heavy atom. The van der Waals surface area contributed by atoms with Gasteiger partial charge >= 0.3 is 6.09 Å². The highest BCUT2D eigenvalue weighted by Crippen LogP contribution is 2.20. The van der Waals surface area contributed by atoms with Gasteiger partial charge in [-0.25, -0.2) is 4.79 Å². The molecule has 1 amide bonds. The van der Waals surface area contributed by atoms with Crippen LogP contribution in [0.4, 0.5) is 4.79 Å². The molecule has 1 fully saturated rings. The zero-order valence-electron chi connectivity index (χ0n) is 20.3. The number of piperidine rings is 1. The van der Waals surface area contributed by atoms with Crippen molar-refractivity contribution in [2.75, 3.05) is 39.3 Å².